The molecule has 20 heavy (non-hydrogen) atoms. The number of nitro groups is 1. The second-order valence-electron chi connectivity index (χ2n) is 3.59. The van der Waals surface area contributed by atoms with E-state index in [1.165, 1.54) is 6.07 Å². The molecule has 0 aliphatic carbocycles. The van der Waals surface area contributed by atoms with E-state index in [4.69, 9.17) is 21.8 Å². The monoisotopic (exact) mass is 303 g/mol. The summed E-state index contributed by atoms with van der Waals surface area (Å²) in [7, 11) is 0. The molecule has 0 unspecified atom stereocenters. The van der Waals surface area contributed by atoms with Crippen molar-refractivity contribution in [1.29, 1.82) is 0 Å². The normalized spacial score (nSPS) is 11.5. The molecule has 0 bridgehead atoms. The maximum absolute atomic E-state index is 11.5. The maximum atomic E-state index is 11.5. The molecule has 0 heterocycles. The van der Waals surface area contributed by atoms with E-state index < -0.39 is 29.6 Å². The summed E-state index contributed by atoms with van der Waals surface area (Å²) in [6, 6.07) is 0.938. The number of nitrogens with zero attached hydrogens (tertiary/aromatic N) is 1. The summed E-state index contributed by atoms with van der Waals surface area (Å²) in [5, 5.41) is 32.1. The van der Waals surface area contributed by atoms with Gasteiger partial charge in [0.1, 0.15) is 0 Å². The average Bonchev–Trinajstić information content (AvgIpc) is 2.37. The molecule has 0 saturated heterocycles. The Bertz CT molecular complexity index is 550. The molecule has 1 atom stereocenters. The lowest BCUT2D eigenvalue weighted by Crippen LogP contribution is -2.45. The highest BCUT2D eigenvalue weighted by Crippen LogP contribution is 2.26. The lowest BCUT2D eigenvalue weighted by Gasteiger charge is -2.13. The second kappa shape index (κ2) is 6.68. The number of carboxylic acids is 1. The molecule has 0 saturated carbocycles. The van der Waals surface area contributed by atoms with Gasteiger partial charge in [0.05, 0.1) is 22.2 Å². The topological polar surface area (TPSA) is 142 Å². The molecule has 9 nitrogen and oxygen atoms in total. The second-order valence-corrected chi connectivity index (χ2v) is 4.00. The fourth-order valence-corrected chi connectivity index (χ4v) is 1.39. The van der Waals surface area contributed by atoms with Gasteiger partial charge in [0, 0.05) is 12.1 Å². The number of amides is 2. The van der Waals surface area contributed by atoms with Crippen LogP contribution in [0.5, 0.6) is 0 Å². The van der Waals surface area contributed by atoms with Crippen LogP contribution in [-0.4, -0.2) is 39.8 Å². The smallest absolute Gasteiger partial charge is 0.328 e. The first kappa shape index (κ1) is 15.7. The van der Waals surface area contributed by atoms with Gasteiger partial charge in [-0.25, -0.2) is 9.59 Å². The summed E-state index contributed by atoms with van der Waals surface area (Å²) in [6.07, 6.45) is 0. The molecule has 10 heteroatoms. The molecule has 0 aromatic heterocycles. The molecule has 1 aromatic carbocycles. The van der Waals surface area contributed by atoms with Gasteiger partial charge in [-0.2, -0.15) is 0 Å². The molecule has 0 spiro atoms. The number of aliphatic hydroxyl groups excluding tert-OH is 1. The third kappa shape index (κ3) is 4.07. The number of nitrogens with one attached hydrogen (secondary N) is 2. The summed E-state index contributed by atoms with van der Waals surface area (Å²) in [5.41, 5.74) is -0.345. The molecular weight excluding hydrogens is 294 g/mol. The van der Waals surface area contributed by atoms with Crippen molar-refractivity contribution in [3.63, 3.8) is 0 Å². The number of aliphatic carboxylic acids is 1. The zero-order valence-corrected chi connectivity index (χ0v) is 10.6. The standard InChI is InChI=1S/C10H10ClN3O6/c11-6-2-1-5(14(19)20)3-7(6)12-10(18)13-8(4-15)9(16)17/h1-3,8,15H,4H2,(H,16,17)(H2,12,13,18)/t8-/m1/s1. The molecule has 0 radical (unpaired) electrons. The number of nitro benzene ring substituents is 1. The van der Waals surface area contributed by atoms with Gasteiger partial charge in [-0.1, -0.05) is 11.6 Å². The van der Waals surface area contributed by atoms with E-state index in [-0.39, 0.29) is 16.4 Å². The Morgan fingerprint density at radius 3 is 2.60 bits per heavy atom. The highest BCUT2D eigenvalue weighted by atomic mass is 35.5. The van der Waals surface area contributed by atoms with Gasteiger partial charge in [-0.3, -0.25) is 10.1 Å². The number of hydrogen-bond donors (Lipinski definition) is 4. The van der Waals surface area contributed by atoms with E-state index in [0.29, 0.717) is 0 Å². The Kier molecular flexibility index (Phi) is 5.23. The van der Waals surface area contributed by atoms with E-state index in [2.05, 4.69) is 5.32 Å². The van der Waals surface area contributed by atoms with Gasteiger partial charge >= 0.3 is 12.0 Å². The van der Waals surface area contributed by atoms with Crippen LogP contribution in [0.2, 0.25) is 5.02 Å². The van der Waals surface area contributed by atoms with Crippen molar-refractivity contribution in [3.8, 4) is 0 Å². The Morgan fingerprint density at radius 1 is 1.45 bits per heavy atom. The van der Waals surface area contributed by atoms with Crippen LogP contribution >= 0.6 is 11.6 Å². The first-order valence-electron chi connectivity index (χ1n) is 5.20. The lowest BCUT2D eigenvalue weighted by atomic mass is 10.3. The van der Waals surface area contributed by atoms with Gasteiger partial charge in [0.15, 0.2) is 6.04 Å². The Hall–Kier alpha value is -2.39. The molecule has 0 fully saturated rings. The number of hydrogen-bond acceptors (Lipinski definition) is 5. The number of non-ortho nitro benzene ring substituents is 1. The quantitative estimate of drug-likeness (QED) is 0.468. The predicted molar refractivity (Wildman–Crippen MR) is 68.8 cm³/mol. The molecular formula is C10H10ClN3O6. The fraction of sp³-hybridized carbons (Fsp3) is 0.200. The molecule has 108 valence electrons. The van der Waals surface area contributed by atoms with Crippen molar-refractivity contribution in [2.75, 3.05) is 11.9 Å². The van der Waals surface area contributed by atoms with Gasteiger partial charge < -0.3 is 20.8 Å². The number of urea groups is 1. The van der Waals surface area contributed by atoms with Crippen molar-refractivity contribution >= 4 is 35.0 Å². The fourth-order valence-electron chi connectivity index (χ4n) is 1.22. The van der Waals surface area contributed by atoms with E-state index in [1.807, 2.05) is 5.32 Å². The summed E-state index contributed by atoms with van der Waals surface area (Å²) in [4.78, 5) is 32.0. The van der Waals surface area contributed by atoms with Gasteiger partial charge in [0.25, 0.3) is 5.69 Å². The van der Waals surface area contributed by atoms with Crippen LogP contribution < -0.4 is 10.6 Å². The number of halogens is 1. The number of benzene rings is 1. The van der Waals surface area contributed by atoms with Crippen LogP contribution in [0.1, 0.15) is 0 Å². The first-order chi connectivity index (χ1) is 9.35. The SMILES string of the molecule is O=C(Nc1cc([N+](=O)[O-])ccc1Cl)N[C@H](CO)C(=O)O. The van der Waals surface area contributed by atoms with Crippen LogP contribution in [0.25, 0.3) is 0 Å². The third-order valence-electron chi connectivity index (χ3n) is 2.19. The lowest BCUT2D eigenvalue weighted by molar-refractivity contribution is -0.384. The van der Waals surface area contributed by atoms with Gasteiger partial charge in [0.2, 0.25) is 0 Å². The minimum atomic E-state index is -1.49. The van der Waals surface area contributed by atoms with Crippen molar-refractivity contribution in [2.24, 2.45) is 0 Å². The van der Waals surface area contributed by atoms with Crippen LogP contribution in [0.4, 0.5) is 16.2 Å². The van der Waals surface area contributed by atoms with E-state index in [9.17, 15) is 19.7 Å². The largest absolute Gasteiger partial charge is 0.480 e. The molecule has 2 amide bonds. The van der Waals surface area contributed by atoms with Crippen molar-refractivity contribution in [1.82, 2.24) is 5.32 Å². The summed E-state index contributed by atoms with van der Waals surface area (Å²) in [6.45, 7) is -0.800. The third-order valence-corrected chi connectivity index (χ3v) is 2.52. The molecule has 1 rings (SSSR count). The molecule has 1 aromatic rings. The number of rotatable bonds is 5. The maximum Gasteiger partial charge on any atom is 0.328 e. The minimum Gasteiger partial charge on any atom is -0.480 e. The average molecular weight is 304 g/mol. The van der Waals surface area contributed by atoms with Gasteiger partial charge in [-0.15, -0.1) is 0 Å². The van der Waals surface area contributed by atoms with Crippen LogP contribution in [0.15, 0.2) is 18.2 Å². The first-order valence-corrected chi connectivity index (χ1v) is 5.58. The van der Waals surface area contributed by atoms with Crippen LogP contribution in [-0.2, 0) is 4.79 Å². The number of carbonyl (C=O) groups is 2. The van der Waals surface area contributed by atoms with E-state index >= 15 is 0 Å². The van der Waals surface area contributed by atoms with Crippen molar-refractivity contribution < 1.29 is 24.7 Å². The molecule has 0 aliphatic heterocycles. The Morgan fingerprint density at radius 2 is 2.10 bits per heavy atom. The number of anilines is 1. The highest BCUT2D eigenvalue weighted by molar-refractivity contribution is 6.33. The zero-order valence-electron chi connectivity index (χ0n) is 9.87. The Balaban J connectivity index is 2.82. The van der Waals surface area contributed by atoms with Crippen molar-refractivity contribution in [3.05, 3.63) is 33.3 Å². The number of aliphatic hydroxyl groups is 1. The van der Waals surface area contributed by atoms with Crippen molar-refractivity contribution in [2.45, 2.75) is 6.04 Å². The minimum absolute atomic E-state index is 0.0432. The number of carboxylic acid groups (broad SMARTS) is 1. The summed E-state index contributed by atoms with van der Waals surface area (Å²) < 4.78 is 0. The molecule has 0 aliphatic rings. The van der Waals surface area contributed by atoms with E-state index in [0.717, 1.165) is 12.1 Å². The Labute approximate surface area is 117 Å². The summed E-state index contributed by atoms with van der Waals surface area (Å²) >= 11 is 5.75. The van der Waals surface area contributed by atoms with E-state index in [1.54, 1.807) is 0 Å². The number of carbonyl (C=O) groups excluding carboxylic acids is 1. The molecule has 4 N–H and O–H groups in total. The van der Waals surface area contributed by atoms with Crippen LogP contribution in [0, 0.1) is 10.1 Å². The summed E-state index contributed by atoms with van der Waals surface area (Å²) in [5.74, 6) is -1.42. The van der Waals surface area contributed by atoms with Gasteiger partial charge in [-0.05, 0) is 6.07 Å². The zero-order chi connectivity index (χ0) is 15.3. The highest BCUT2D eigenvalue weighted by Gasteiger charge is 2.19. The predicted octanol–water partition coefficient (Wildman–Crippen LogP) is 0.815. The van der Waals surface area contributed by atoms with Crippen LogP contribution in [0.3, 0.4) is 0 Å².